The fourth-order valence-corrected chi connectivity index (χ4v) is 3.56. The molecule has 0 saturated carbocycles. The third kappa shape index (κ3) is 7.79. The molecule has 0 bridgehead atoms. The number of hydrogen-bond acceptors (Lipinski definition) is 4. The standard InChI is InChI=1S/C26H38N4O3/c1-6-28-24(33)30-17-18-9-7-10-19(15-18)21-12-11-20(16-22(21)31)25(2,3)13-8-14-29-23(32)26(4,5)27/h7,9-12,15-16,31H,6,8,13-14,17,27H2,1-5H3,(H,29,32)(H2,28,30,33). The molecular weight excluding hydrogens is 416 g/mol. The van der Waals surface area contributed by atoms with Crippen LogP contribution >= 0.6 is 0 Å². The van der Waals surface area contributed by atoms with Gasteiger partial charge in [-0.15, -0.1) is 0 Å². The summed E-state index contributed by atoms with van der Waals surface area (Å²) in [6.45, 7) is 11.0. The van der Waals surface area contributed by atoms with E-state index in [1.54, 1.807) is 13.8 Å². The molecule has 2 rings (SSSR count). The van der Waals surface area contributed by atoms with Crippen molar-refractivity contribution in [3.05, 3.63) is 53.6 Å². The van der Waals surface area contributed by atoms with Crippen LogP contribution in [0.15, 0.2) is 42.5 Å². The number of hydrogen-bond donors (Lipinski definition) is 5. The van der Waals surface area contributed by atoms with Gasteiger partial charge in [-0.2, -0.15) is 0 Å². The van der Waals surface area contributed by atoms with Crippen molar-refractivity contribution in [2.75, 3.05) is 13.1 Å². The van der Waals surface area contributed by atoms with Gasteiger partial charge in [0.15, 0.2) is 0 Å². The van der Waals surface area contributed by atoms with Gasteiger partial charge in [-0.05, 0) is 67.9 Å². The zero-order chi connectivity index (χ0) is 24.6. The van der Waals surface area contributed by atoms with Gasteiger partial charge in [0.05, 0.1) is 5.54 Å². The van der Waals surface area contributed by atoms with Gasteiger partial charge in [-0.3, -0.25) is 4.79 Å². The fourth-order valence-electron chi connectivity index (χ4n) is 3.56. The molecule has 0 heterocycles. The second kappa shape index (κ2) is 11.2. The molecule has 33 heavy (non-hydrogen) atoms. The van der Waals surface area contributed by atoms with Crippen LogP contribution in [-0.2, 0) is 16.8 Å². The average molecular weight is 455 g/mol. The lowest BCUT2D eigenvalue weighted by molar-refractivity contribution is -0.125. The largest absolute Gasteiger partial charge is 0.507 e. The average Bonchev–Trinajstić information content (AvgIpc) is 2.75. The number of benzene rings is 2. The van der Waals surface area contributed by atoms with Gasteiger partial charge in [0.25, 0.3) is 0 Å². The molecule has 180 valence electrons. The molecule has 6 N–H and O–H groups in total. The minimum Gasteiger partial charge on any atom is -0.507 e. The zero-order valence-corrected chi connectivity index (χ0v) is 20.4. The van der Waals surface area contributed by atoms with Gasteiger partial charge in [0.1, 0.15) is 5.75 Å². The molecule has 0 atom stereocenters. The summed E-state index contributed by atoms with van der Waals surface area (Å²) in [7, 11) is 0. The molecule has 0 radical (unpaired) electrons. The fraction of sp³-hybridized carbons (Fsp3) is 0.462. The topological polar surface area (TPSA) is 116 Å². The van der Waals surface area contributed by atoms with E-state index >= 15 is 0 Å². The van der Waals surface area contributed by atoms with Gasteiger partial charge < -0.3 is 26.8 Å². The Hall–Kier alpha value is -3.06. The Morgan fingerprint density at radius 1 is 1.00 bits per heavy atom. The van der Waals surface area contributed by atoms with Crippen LogP contribution in [0.1, 0.15) is 58.6 Å². The van der Waals surface area contributed by atoms with Crippen LogP contribution < -0.4 is 21.7 Å². The van der Waals surface area contributed by atoms with Crippen molar-refractivity contribution in [1.82, 2.24) is 16.0 Å². The molecular formula is C26H38N4O3. The first-order chi connectivity index (χ1) is 15.4. The number of rotatable bonds is 10. The first-order valence-electron chi connectivity index (χ1n) is 11.5. The maximum atomic E-state index is 11.9. The number of aromatic hydroxyl groups is 1. The number of carbonyl (C=O) groups is 2. The van der Waals surface area contributed by atoms with E-state index in [4.69, 9.17) is 5.73 Å². The molecule has 0 spiro atoms. The molecule has 0 aliphatic carbocycles. The molecule has 0 unspecified atom stereocenters. The van der Waals surface area contributed by atoms with Crippen molar-refractivity contribution in [2.45, 2.75) is 65.0 Å². The summed E-state index contributed by atoms with van der Waals surface area (Å²) in [4.78, 5) is 23.6. The van der Waals surface area contributed by atoms with Crippen LogP contribution in [0.2, 0.25) is 0 Å². The first kappa shape index (κ1) is 26.2. The quantitative estimate of drug-likeness (QED) is 0.351. The van der Waals surface area contributed by atoms with Gasteiger partial charge in [-0.25, -0.2) is 4.79 Å². The van der Waals surface area contributed by atoms with E-state index in [2.05, 4.69) is 29.8 Å². The SMILES string of the molecule is CCNC(=O)NCc1cccc(-c2ccc(C(C)(C)CCCNC(=O)C(C)(C)N)cc2O)c1. The Morgan fingerprint density at radius 3 is 2.36 bits per heavy atom. The predicted molar refractivity (Wildman–Crippen MR) is 133 cm³/mol. The number of phenolic OH excluding ortho intramolecular Hbond substituents is 1. The van der Waals surface area contributed by atoms with Crippen LogP contribution in [-0.4, -0.2) is 35.7 Å². The molecule has 0 aromatic heterocycles. The highest BCUT2D eigenvalue weighted by atomic mass is 16.3. The van der Waals surface area contributed by atoms with E-state index in [1.807, 2.05) is 49.4 Å². The minimum absolute atomic E-state index is 0.161. The summed E-state index contributed by atoms with van der Waals surface area (Å²) < 4.78 is 0. The lowest BCUT2D eigenvalue weighted by Gasteiger charge is -2.26. The normalized spacial score (nSPS) is 11.7. The lowest BCUT2D eigenvalue weighted by Crippen LogP contribution is -2.49. The molecule has 0 aliphatic rings. The molecule has 3 amide bonds. The van der Waals surface area contributed by atoms with E-state index in [0.29, 0.717) is 19.6 Å². The van der Waals surface area contributed by atoms with Crippen molar-refractivity contribution < 1.29 is 14.7 Å². The smallest absolute Gasteiger partial charge is 0.315 e. The molecule has 7 heteroatoms. The second-order valence-corrected chi connectivity index (χ2v) is 9.61. The van der Waals surface area contributed by atoms with Gasteiger partial charge in [-0.1, -0.05) is 44.2 Å². The number of urea groups is 1. The number of amides is 3. The Bertz CT molecular complexity index is 964. The third-order valence-electron chi connectivity index (χ3n) is 5.66. The lowest BCUT2D eigenvalue weighted by atomic mass is 9.80. The Kier molecular flexibility index (Phi) is 8.88. The van der Waals surface area contributed by atoms with Crippen LogP contribution in [0.25, 0.3) is 11.1 Å². The van der Waals surface area contributed by atoms with Gasteiger partial charge >= 0.3 is 6.03 Å². The first-order valence-corrected chi connectivity index (χ1v) is 11.5. The number of nitrogens with one attached hydrogen (secondary N) is 3. The van der Waals surface area contributed by atoms with Crippen LogP contribution in [0.3, 0.4) is 0 Å². The number of carbonyl (C=O) groups excluding carboxylic acids is 2. The monoisotopic (exact) mass is 454 g/mol. The predicted octanol–water partition coefficient (Wildman–Crippen LogP) is 3.79. The zero-order valence-electron chi connectivity index (χ0n) is 20.4. The summed E-state index contributed by atoms with van der Waals surface area (Å²) in [6.07, 6.45) is 1.65. The second-order valence-electron chi connectivity index (χ2n) is 9.61. The van der Waals surface area contributed by atoms with Crippen LogP contribution in [0.4, 0.5) is 4.79 Å². The molecule has 2 aromatic rings. The molecule has 0 aliphatic heterocycles. The number of nitrogens with two attached hydrogens (primary N) is 1. The number of phenols is 1. The van der Waals surface area contributed by atoms with E-state index in [0.717, 1.165) is 35.1 Å². The summed E-state index contributed by atoms with van der Waals surface area (Å²) in [5.41, 5.74) is 8.37. The van der Waals surface area contributed by atoms with Gasteiger partial charge in [0.2, 0.25) is 5.91 Å². The summed E-state index contributed by atoms with van der Waals surface area (Å²) in [6, 6.07) is 13.3. The van der Waals surface area contributed by atoms with Crippen molar-refractivity contribution in [3.63, 3.8) is 0 Å². The van der Waals surface area contributed by atoms with Crippen molar-refractivity contribution in [3.8, 4) is 16.9 Å². The molecule has 2 aromatic carbocycles. The Balaban J connectivity index is 2.04. The highest BCUT2D eigenvalue weighted by Gasteiger charge is 2.24. The molecule has 0 saturated heterocycles. The van der Waals surface area contributed by atoms with E-state index in [1.165, 1.54) is 0 Å². The van der Waals surface area contributed by atoms with Crippen molar-refractivity contribution in [1.29, 1.82) is 0 Å². The maximum absolute atomic E-state index is 11.9. The van der Waals surface area contributed by atoms with E-state index in [9.17, 15) is 14.7 Å². The third-order valence-corrected chi connectivity index (χ3v) is 5.66. The van der Waals surface area contributed by atoms with Gasteiger partial charge in [0, 0.05) is 25.2 Å². The van der Waals surface area contributed by atoms with Crippen LogP contribution in [0, 0.1) is 0 Å². The Morgan fingerprint density at radius 2 is 1.73 bits per heavy atom. The summed E-state index contributed by atoms with van der Waals surface area (Å²) >= 11 is 0. The van der Waals surface area contributed by atoms with Crippen molar-refractivity contribution >= 4 is 11.9 Å². The highest BCUT2D eigenvalue weighted by molar-refractivity contribution is 5.85. The maximum Gasteiger partial charge on any atom is 0.315 e. The van der Waals surface area contributed by atoms with E-state index in [-0.39, 0.29) is 23.1 Å². The van der Waals surface area contributed by atoms with E-state index < -0.39 is 5.54 Å². The highest BCUT2D eigenvalue weighted by Crippen LogP contribution is 2.36. The molecule has 7 nitrogen and oxygen atoms in total. The minimum atomic E-state index is -0.883. The van der Waals surface area contributed by atoms with Crippen molar-refractivity contribution in [2.24, 2.45) is 5.73 Å². The Labute approximate surface area is 197 Å². The summed E-state index contributed by atoms with van der Waals surface area (Å²) in [5, 5.41) is 19.2. The van der Waals surface area contributed by atoms with Crippen LogP contribution in [0.5, 0.6) is 5.75 Å². The molecule has 0 fully saturated rings. The summed E-state index contributed by atoms with van der Waals surface area (Å²) in [5.74, 6) is 0.0540.